The van der Waals surface area contributed by atoms with E-state index >= 15 is 0 Å². The first-order valence-electron chi connectivity index (χ1n) is 7.36. The zero-order valence-electron chi connectivity index (χ0n) is 12.5. The maximum absolute atomic E-state index is 11.8. The van der Waals surface area contributed by atoms with E-state index < -0.39 is 0 Å². The monoisotopic (exact) mass is 266 g/mol. The normalized spacial score (nSPS) is 18.6. The Kier molecular flexibility index (Phi) is 4.39. The van der Waals surface area contributed by atoms with Gasteiger partial charge in [-0.15, -0.1) is 0 Å². The highest BCUT2D eigenvalue weighted by Crippen LogP contribution is 2.59. The van der Waals surface area contributed by atoms with Crippen LogP contribution in [0.5, 0.6) is 0 Å². The fourth-order valence-electron chi connectivity index (χ4n) is 3.03. The second-order valence-electron chi connectivity index (χ2n) is 5.07. The smallest absolute Gasteiger partial charge is 0.134 e. The molecule has 0 N–H and O–H groups in total. The van der Waals surface area contributed by atoms with E-state index in [9.17, 15) is 4.79 Å². The largest absolute Gasteiger partial charge is 0.300 e. The van der Waals surface area contributed by atoms with Gasteiger partial charge in [-0.3, -0.25) is 4.79 Å². The Morgan fingerprint density at radius 1 is 0.900 bits per heavy atom. The lowest BCUT2D eigenvalue weighted by Crippen LogP contribution is -2.15. The maximum Gasteiger partial charge on any atom is 0.134 e. The summed E-state index contributed by atoms with van der Waals surface area (Å²) in [7, 11) is 0. The fraction of sp³-hybridized carbons (Fsp3) is 0.316. The van der Waals surface area contributed by atoms with Crippen molar-refractivity contribution in [1.29, 1.82) is 0 Å². The standard InChI is InChI=1S/C17H16O.C2H6/c1-13(18)16-12-17(16,14-8-4-2-5-9-14)15-10-6-3-7-11-15;1-2/h2-11,16H,12H2,1H3;1-2H3. The highest BCUT2D eigenvalue weighted by atomic mass is 16.1. The summed E-state index contributed by atoms with van der Waals surface area (Å²) in [5.74, 6) is 0.435. The maximum atomic E-state index is 11.8. The van der Waals surface area contributed by atoms with Crippen molar-refractivity contribution in [3.63, 3.8) is 0 Å². The summed E-state index contributed by atoms with van der Waals surface area (Å²) in [5, 5.41) is 0. The number of Topliss-reactive ketones (excluding diaryl/α,β-unsaturated/α-hetero) is 1. The molecule has 2 aromatic carbocycles. The molecule has 0 aromatic heterocycles. The van der Waals surface area contributed by atoms with Crippen molar-refractivity contribution < 1.29 is 4.79 Å². The molecule has 0 spiro atoms. The predicted molar refractivity (Wildman–Crippen MR) is 83.8 cm³/mol. The summed E-state index contributed by atoms with van der Waals surface area (Å²) in [6.07, 6.45) is 0.941. The highest BCUT2D eigenvalue weighted by molar-refractivity contribution is 5.85. The van der Waals surface area contributed by atoms with Crippen molar-refractivity contribution in [1.82, 2.24) is 0 Å². The summed E-state index contributed by atoms with van der Waals surface area (Å²) in [4.78, 5) is 11.8. The van der Waals surface area contributed by atoms with Crippen LogP contribution in [0.1, 0.15) is 38.3 Å². The van der Waals surface area contributed by atoms with Crippen LogP contribution in [0.25, 0.3) is 0 Å². The first-order chi connectivity index (χ1) is 9.75. The molecule has 2 aromatic rings. The van der Waals surface area contributed by atoms with Crippen LogP contribution in [-0.4, -0.2) is 5.78 Å². The SMILES string of the molecule is CC.CC(=O)C1CC1(c1ccccc1)c1ccccc1. The molecule has 1 atom stereocenters. The lowest BCUT2D eigenvalue weighted by atomic mass is 9.85. The van der Waals surface area contributed by atoms with Gasteiger partial charge in [-0.05, 0) is 24.5 Å². The molecule has 3 rings (SSSR count). The summed E-state index contributed by atoms with van der Waals surface area (Å²) >= 11 is 0. The zero-order valence-corrected chi connectivity index (χ0v) is 12.5. The molecule has 1 unspecified atom stereocenters. The van der Waals surface area contributed by atoms with Crippen molar-refractivity contribution in [3.8, 4) is 0 Å². The van der Waals surface area contributed by atoms with Gasteiger partial charge < -0.3 is 0 Å². The van der Waals surface area contributed by atoms with Crippen molar-refractivity contribution in [2.45, 2.75) is 32.6 Å². The van der Waals surface area contributed by atoms with Gasteiger partial charge in [0.05, 0.1) is 0 Å². The molecule has 104 valence electrons. The Labute approximate surface area is 121 Å². The van der Waals surface area contributed by atoms with Crippen LogP contribution >= 0.6 is 0 Å². The minimum atomic E-state index is -0.0750. The Hall–Kier alpha value is -1.89. The summed E-state index contributed by atoms with van der Waals surface area (Å²) in [5.41, 5.74) is 2.45. The lowest BCUT2D eigenvalue weighted by molar-refractivity contribution is -0.118. The third-order valence-corrected chi connectivity index (χ3v) is 4.03. The van der Waals surface area contributed by atoms with E-state index in [1.165, 1.54) is 11.1 Å². The van der Waals surface area contributed by atoms with E-state index in [1.54, 1.807) is 6.92 Å². The van der Waals surface area contributed by atoms with Crippen molar-refractivity contribution in [3.05, 3.63) is 71.8 Å². The highest BCUT2D eigenvalue weighted by Gasteiger charge is 2.58. The van der Waals surface area contributed by atoms with E-state index in [1.807, 2.05) is 26.0 Å². The molecule has 1 saturated carbocycles. The van der Waals surface area contributed by atoms with Crippen LogP contribution in [0.3, 0.4) is 0 Å². The van der Waals surface area contributed by atoms with Gasteiger partial charge in [-0.25, -0.2) is 0 Å². The van der Waals surface area contributed by atoms with Crippen molar-refractivity contribution >= 4 is 5.78 Å². The Morgan fingerprint density at radius 3 is 1.60 bits per heavy atom. The van der Waals surface area contributed by atoms with Crippen LogP contribution < -0.4 is 0 Å². The van der Waals surface area contributed by atoms with Gasteiger partial charge in [0.1, 0.15) is 5.78 Å². The minimum Gasteiger partial charge on any atom is -0.300 e. The van der Waals surface area contributed by atoms with E-state index in [-0.39, 0.29) is 11.3 Å². The number of benzene rings is 2. The minimum absolute atomic E-state index is 0.0750. The first-order valence-corrected chi connectivity index (χ1v) is 7.36. The third-order valence-electron chi connectivity index (χ3n) is 4.03. The Balaban J connectivity index is 0.000000704. The average molecular weight is 266 g/mol. The summed E-state index contributed by atoms with van der Waals surface area (Å²) in [6, 6.07) is 20.8. The van der Waals surface area contributed by atoms with Crippen molar-refractivity contribution in [2.75, 3.05) is 0 Å². The number of carbonyl (C=O) groups is 1. The third kappa shape index (κ3) is 2.40. The number of hydrogen-bond acceptors (Lipinski definition) is 1. The molecule has 0 radical (unpaired) electrons. The Morgan fingerprint density at radius 2 is 1.30 bits per heavy atom. The molecule has 0 bridgehead atoms. The summed E-state index contributed by atoms with van der Waals surface area (Å²) < 4.78 is 0. The number of ketones is 1. The molecule has 1 aliphatic carbocycles. The van der Waals surface area contributed by atoms with Crippen LogP contribution in [0.2, 0.25) is 0 Å². The second kappa shape index (κ2) is 6.04. The van der Waals surface area contributed by atoms with Crippen LogP contribution in [0, 0.1) is 5.92 Å². The van der Waals surface area contributed by atoms with Crippen LogP contribution in [0.15, 0.2) is 60.7 Å². The fourth-order valence-corrected chi connectivity index (χ4v) is 3.03. The van der Waals surface area contributed by atoms with Gasteiger partial charge in [0.15, 0.2) is 0 Å². The zero-order chi connectivity index (χ0) is 14.6. The molecular weight excluding hydrogens is 244 g/mol. The molecule has 20 heavy (non-hydrogen) atoms. The lowest BCUT2D eigenvalue weighted by Gasteiger charge is -2.18. The van der Waals surface area contributed by atoms with Gasteiger partial charge >= 0.3 is 0 Å². The topological polar surface area (TPSA) is 17.1 Å². The molecule has 0 amide bonds. The first kappa shape index (κ1) is 14.5. The van der Waals surface area contributed by atoms with Crippen LogP contribution in [0.4, 0.5) is 0 Å². The van der Waals surface area contributed by atoms with E-state index in [4.69, 9.17) is 0 Å². The molecule has 0 saturated heterocycles. The van der Waals surface area contributed by atoms with Gasteiger partial charge in [0, 0.05) is 11.3 Å². The van der Waals surface area contributed by atoms with Crippen LogP contribution in [-0.2, 0) is 10.2 Å². The van der Waals surface area contributed by atoms with E-state index in [0.717, 1.165) is 6.42 Å². The molecule has 1 nitrogen and oxygen atoms in total. The molecule has 0 aliphatic heterocycles. The van der Waals surface area contributed by atoms with E-state index in [0.29, 0.717) is 5.78 Å². The summed E-state index contributed by atoms with van der Waals surface area (Å²) in [6.45, 7) is 5.71. The van der Waals surface area contributed by atoms with Gasteiger partial charge in [0.25, 0.3) is 0 Å². The molecular formula is C19H22O. The quantitative estimate of drug-likeness (QED) is 0.793. The second-order valence-corrected chi connectivity index (χ2v) is 5.07. The van der Waals surface area contributed by atoms with Gasteiger partial charge in [-0.1, -0.05) is 74.5 Å². The van der Waals surface area contributed by atoms with E-state index in [2.05, 4.69) is 48.5 Å². The molecule has 1 aliphatic rings. The number of rotatable bonds is 3. The molecule has 1 fully saturated rings. The number of carbonyl (C=O) groups excluding carboxylic acids is 1. The van der Waals surface area contributed by atoms with Crippen molar-refractivity contribution in [2.24, 2.45) is 5.92 Å². The molecule has 1 heteroatoms. The Bertz CT molecular complexity index is 517. The van der Waals surface area contributed by atoms with Gasteiger partial charge in [-0.2, -0.15) is 0 Å². The molecule has 0 heterocycles. The predicted octanol–water partition coefficient (Wildman–Crippen LogP) is 4.61. The number of hydrogen-bond donors (Lipinski definition) is 0. The average Bonchev–Trinajstić information content (AvgIpc) is 3.28. The van der Waals surface area contributed by atoms with Gasteiger partial charge in [0.2, 0.25) is 0 Å².